The zero-order chi connectivity index (χ0) is 22.3. The first-order chi connectivity index (χ1) is 12.2. The molecule has 1 aliphatic rings. The lowest BCUT2D eigenvalue weighted by Crippen LogP contribution is -2.67. The van der Waals surface area contributed by atoms with E-state index in [1.54, 1.807) is 20.8 Å². The first kappa shape index (κ1) is 25.2. The molecule has 0 saturated carbocycles. The highest BCUT2D eigenvalue weighted by molar-refractivity contribution is 7.87. The van der Waals surface area contributed by atoms with Gasteiger partial charge in [0.2, 0.25) is 0 Å². The smallest absolute Gasteiger partial charge is 0.444 e. The lowest BCUT2D eigenvalue weighted by Gasteiger charge is -2.48. The monoisotopic (exact) mass is 449 g/mol. The molecule has 1 heterocycles. The van der Waals surface area contributed by atoms with Crippen LogP contribution in [0.1, 0.15) is 41.5 Å². The maximum Gasteiger partial charge on any atom is 0.523 e. The Hall–Kier alpha value is -0.853. The summed E-state index contributed by atoms with van der Waals surface area (Å²) in [4.78, 5) is 13.4. The van der Waals surface area contributed by atoms with Gasteiger partial charge in [-0.2, -0.15) is 21.6 Å². The van der Waals surface area contributed by atoms with Gasteiger partial charge in [-0.1, -0.05) is 20.8 Å². The van der Waals surface area contributed by atoms with E-state index in [1.807, 2.05) is 33.9 Å². The predicted octanol–water partition coefficient (Wildman–Crippen LogP) is 3.86. The molecule has 0 aromatic rings. The van der Waals surface area contributed by atoms with E-state index in [0.717, 1.165) is 4.90 Å². The standard InChI is InChI=1S/C16H30F3NO6SSi/c1-14(2,3)25-13(21)20-9-12(26-27(22,23)16(17,18)19)11(20)10-24-28(7,8)15(4,5)6/h11-12H,9-10H2,1-8H3/t11-,12+/m1/s1. The number of carbonyl (C=O) groups is 1. The Morgan fingerprint density at radius 2 is 1.61 bits per heavy atom. The number of alkyl halides is 3. The van der Waals surface area contributed by atoms with Crippen molar-refractivity contribution in [3.63, 3.8) is 0 Å². The maximum absolute atomic E-state index is 12.6. The largest absolute Gasteiger partial charge is 0.523 e. The number of nitrogens with zero attached hydrogens (tertiary/aromatic N) is 1. The Bertz CT molecular complexity index is 682. The van der Waals surface area contributed by atoms with Crippen molar-refractivity contribution in [2.75, 3.05) is 13.2 Å². The van der Waals surface area contributed by atoms with Gasteiger partial charge in [-0.15, -0.1) is 0 Å². The number of ether oxygens (including phenoxy) is 1. The molecule has 1 rings (SSSR count). The predicted molar refractivity (Wildman–Crippen MR) is 99.7 cm³/mol. The number of carbonyl (C=O) groups excluding carboxylic acids is 1. The number of likely N-dealkylation sites (tertiary alicyclic amines) is 1. The normalized spacial score (nSPS) is 22.0. The van der Waals surface area contributed by atoms with Crippen molar-refractivity contribution in [2.45, 2.75) is 82.9 Å². The van der Waals surface area contributed by atoms with E-state index in [0.29, 0.717) is 0 Å². The molecule has 0 bridgehead atoms. The van der Waals surface area contributed by atoms with Gasteiger partial charge in [0.1, 0.15) is 11.7 Å². The first-order valence-electron chi connectivity index (χ1n) is 8.81. The Kier molecular flexibility index (Phi) is 6.98. The Morgan fingerprint density at radius 3 is 2.00 bits per heavy atom. The van der Waals surface area contributed by atoms with Crippen LogP contribution in [-0.4, -0.2) is 64.1 Å². The van der Waals surface area contributed by atoms with Crippen molar-refractivity contribution < 1.29 is 39.7 Å². The summed E-state index contributed by atoms with van der Waals surface area (Å²) in [5, 5.41) is -0.179. The van der Waals surface area contributed by atoms with E-state index in [-0.39, 0.29) is 18.2 Å². The maximum atomic E-state index is 12.6. The second kappa shape index (κ2) is 7.76. The molecule has 1 saturated heterocycles. The van der Waals surface area contributed by atoms with Crippen molar-refractivity contribution in [3.05, 3.63) is 0 Å². The van der Waals surface area contributed by atoms with Crippen molar-refractivity contribution in [1.82, 2.24) is 4.90 Å². The van der Waals surface area contributed by atoms with Crippen LogP contribution in [-0.2, 0) is 23.5 Å². The first-order valence-corrected chi connectivity index (χ1v) is 13.1. The van der Waals surface area contributed by atoms with Crippen molar-refractivity contribution >= 4 is 24.5 Å². The van der Waals surface area contributed by atoms with Crippen LogP contribution in [0.2, 0.25) is 18.1 Å². The minimum absolute atomic E-state index is 0.145. The van der Waals surface area contributed by atoms with E-state index in [2.05, 4.69) is 4.18 Å². The molecule has 0 aliphatic carbocycles. The summed E-state index contributed by atoms with van der Waals surface area (Å²) >= 11 is 0. The molecular formula is C16H30F3NO6SSi. The molecule has 0 aromatic heterocycles. The Labute approximate surface area is 165 Å². The van der Waals surface area contributed by atoms with Gasteiger partial charge in [0.15, 0.2) is 8.32 Å². The molecule has 2 atom stereocenters. The van der Waals surface area contributed by atoms with Crippen molar-refractivity contribution in [1.29, 1.82) is 0 Å². The Morgan fingerprint density at radius 1 is 1.11 bits per heavy atom. The third-order valence-corrected chi connectivity index (χ3v) is 10.4. The van der Waals surface area contributed by atoms with Gasteiger partial charge >= 0.3 is 21.7 Å². The molecule has 166 valence electrons. The quantitative estimate of drug-likeness (QED) is 0.360. The highest BCUT2D eigenvalue weighted by atomic mass is 32.2. The van der Waals surface area contributed by atoms with Crippen LogP contribution in [0.4, 0.5) is 18.0 Å². The third-order valence-electron chi connectivity index (χ3n) is 4.79. The lowest BCUT2D eigenvalue weighted by molar-refractivity contribution is -0.0917. The fraction of sp³-hybridized carbons (Fsp3) is 0.938. The number of hydrogen-bond donors (Lipinski definition) is 0. The molecule has 1 fully saturated rings. The van der Waals surface area contributed by atoms with E-state index in [1.165, 1.54) is 0 Å². The van der Waals surface area contributed by atoms with E-state index in [4.69, 9.17) is 9.16 Å². The molecule has 12 heteroatoms. The van der Waals surface area contributed by atoms with Gasteiger partial charge in [-0.25, -0.2) is 4.79 Å². The summed E-state index contributed by atoms with van der Waals surface area (Å²) in [6, 6.07) is -0.999. The number of amides is 1. The second-order valence-electron chi connectivity index (χ2n) is 9.31. The zero-order valence-electron chi connectivity index (χ0n) is 17.5. The molecule has 0 spiro atoms. The summed E-state index contributed by atoms with van der Waals surface area (Å²) in [5.41, 5.74) is -6.35. The van der Waals surface area contributed by atoms with Gasteiger partial charge in [0.05, 0.1) is 19.2 Å². The molecular weight excluding hydrogens is 419 g/mol. The number of rotatable bonds is 5. The molecule has 1 amide bonds. The fourth-order valence-electron chi connectivity index (χ4n) is 2.06. The van der Waals surface area contributed by atoms with E-state index in [9.17, 15) is 26.4 Å². The zero-order valence-corrected chi connectivity index (χ0v) is 19.3. The van der Waals surface area contributed by atoms with Crippen LogP contribution in [0.3, 0.4) is 0 Å². The fourth-order valence-corrected chi connectivity index (χ4v) is 3.71. The van der Waals surface area contributed by atoms with Crippen molar-refractivity contribution in [2.24, 2.45) is 0 Å². The SMILES string of the molecule is CC(C)(C)OC(=O)N1C[C@H](OS(=O)(=O)C(F)(F)F)[C@H]1CO[Si](C)(C)C(C)(C)C. The summed E-state index contributed by atoms with van der Waals surface area (Å²) in [6.07, 6.45) is -2.12. The van der Waals surface area contributed by atoms with Crippen LogP contribution >= 0.6 is 0 Å². The van der Waals surface area contributed by atoms with Crippen LogP contribution in [0.5, 0.6) is 0 Å². The van der Waals surface area contributed by atoms with Gasteiger partial charge in [0.25, 0.3) is 0 Å². The van der Waals surface area contributed by atoms with Gasteiger partial charge in [-0.3, -0.25) is 9.08 Å². The van der Waals surface area contributed by atoms with Crippen LogP contribution in [0, 0.1) is 0 Å². The van der Waals surface area contributed by atoms with Gasteiger partial charge in [0, 0.05) is 0 Å². The minimum Gasteiger partial charge on any atom is -0.444 e. The molecule has 0 unspecified atom stereocenters. The summed E-state index contributed by atoms with van der Waals surface area (Å²) in [6.45, 7) is 14.3. The number of hydrogen-bond acceptors (Lipinski definition) is 6. The van der Waals surface area contributed by atoms with Crippen LogP contribution in [0.15, 0.2) is 0 Å². The van der Waals surface area contributed by atoms with Gasteiger partial charge in [-0.05, 0) is 38.9 Å². The van der Waals surface area contributed by atoms with Crippen LogP contribution in [0.25, 0.3) is 0 Å². The second-order valence-corrected chi connectivity index (χ2v) is 15.7. The van der Waals surface area contributed by atoms with Crippen LogP contribution < -0.4 is 0 Å². The molecule has 0 radical (unpaired) electrons. The molecule has 0 N–H and O–H groups in total. The van der Waals surface area contributed by atoms with E-state index < -0.39 is 47.8 Å². The molecule has 7 nitrogen and oxygen atoms in total. The molecule has 0 aromatic carbocycles. The molecule has 28 heavy (non-hydrogen) atoms. The topological polar surface area (TPSA) is 82.1 Å². The number of halogens is 3. The summed E-state index contributed by atoms with van der Waals surface area (Å²) < 4.78 is 76.2. The average molecular weight is 450 g/mol. The Balaban J connectivity index is 2.98. The van der Waals surface area contributed by atoms with E-state index >= 15 is 0 Å². The minimum atomic E-state index is -5.78. The summed E-state index contributed by atoms with van der Waals surface area (Å²) in [5.74, 6) is 0. The average Bonchev–Trinajstić information content (AvgIpc) is 2.38. The third kappa shape index (κ3) is 6.07. The van der Waals surface area contributed by atoms with Gasteiger partial charge < -0.3 is 9.16 Å². The summed E-state index contributed by atoms with van der Waals surface area (Å²) in [7, 11) is -8.07. The molecule has 1 aliphatic heterocycles. The highest BCUT2D eigenvalue weighted by Crippen LogP contribution is 2.38. The highest BCUT2D eigenvalue weighted by Gasteiger charge is 2.54. The van der Waals surface area contributed by atoms with Crippen molar-refractivity contribution in [3.8, 4) is 0 Å². The lowest BCUT2D eigenvalue weighted by atomic mass is 10.0.